The first-order chi connectivity index (χ1) is 7.85. The van der Waals surface area contributed by atoms with Gasteiger partial charge < -0.3 is 0 Å². The molecule has 0 nitrogen and oxygen atoms in total. The van der Waals surface area contributed by atoms with Gasteiger partial charge in [0.15, 0.2) is 0 Å². The van der Waals surface area contributed by atoms with E-state index in [1.807, 2.05) is 13.8 Å². The number of unbranched alkanes of at least 4 members (excludes halogenated alkanes) is 3. The molecule has 16 heavy (non-hydrogen) atoms. The summed E-state index contributed by atoms with van der Waals surface area (Å²) in [6.07, 6.45) is 14.5. The van der Waals surface area contributed by atoms with Gasteiger partial charge >= 0.3 is 0 Å². The molecule has 0 saturated heterocycles. The first kappa shape index (κ1) is 18.4. The minimum atomic E-state index is 1.09. The van der Waals surface area contributed by atoms with Crippen molar-refractivity contribution in [2.24, 2.45) is 5.92 Å². The highest BCUT2D eigenvalue weighted by molar-refractivity contribution is 4.63. The van der Waals surface area contributed by atoms with Gasteiger partial charge in [-0.3, -0.25) is 0 Å². The Labute approximate surface area is 105 Å². The van der Waals surface area contributed by atoms with Gasteiger partial charge in [-0.15, -0.1) is 0 Å². The normalized spacial score (nSPS) is 15.6. The predicted molar refractivity (Wildman–Crippen MR) is 78.0 cm³/mol. The van der Waals surface area contributed by atoms with Gasteiger partial charge in [0.25, 0.3) is 0 Å². The topological polar surface area (TPSA) is 0 Å². The monoisotopic (exact) mass is 228 g/mol. The Morgan fingerprint density at radius 2 is 1.19 bits per heavy atom. The fraction of sp³-hybridized carbons (Fsp3) is 1.00. The van der Waals surface area contributed by atoms with E-state index >= 15 is 0 Å². The summed E-state index contributed by atoms with van der Waals surface area (Å²) in [6.45, 7) is 10.8. The lowest BCUT2D eigenvalue weighted by molar-refractivity contribution is 0.349. The van der Waals surface area contributed by atoms with Crippen LogP contribution >= 0.6 is 0 Å². The second-order valence-corrected chi connectivity index (χ2v) is 4.62. The molecule has 0 atom stereocenters. The zero-order valence-electron chi connectivity index (χ0n) is 12.6. The van der Waals surface area contributed by atoms with E-state index in [1.165, 1.54) is 64.2 Å². The molecule has 0 aromatic carbocycles. The molecule has 1 aliphatic rings. The van der Waals surface area contributed by atoms with E-state index in [0.29, 0.717) is 0 Å². The third-order valence-electron chi connectivity index (χ3n) is 3.26. The summed E-state index contributed by atoms with van der Waals surface area (Å²) in [5.74, 6) is 1.09. The second kappa shape index (κ2) is 17.4. The molecule has 1 saturated carbocycles. The van der Waals surface area contributed by atoms with E-state index in [-0.39, 0.29) is 0 Å². The molecule has 0 heterocycles. The van der Waals surface area contributed by atoms with Gasteiger partial charge in [-0.25, -0.2) is 0 Å². The molecule has 1 rings (SSSR count). The summed E-state index contributed by atoms with van der Waals surface area (Å²) in [7, 11) is 0. The lowest BCUT2D eigenvalue weighted by atomic mass is 9.88. The number of rotatable bonds is 4. The Balaban J connectivity index is 0. The van der Waals surface area contributed by atoms with Crippen molar-refractivity contribution in [2.75, 3.05) is 0 Å². The first-order valence-electron chi connectivity index (χ1n) is 7.85. The third kappa shape index (κ3) is 14.0. The van der Waals surface area contributed by atoms with Crippen LogP contribution in [0.5, 0.6) is 0 Å². The zero-order valence-corrected chi connectivity index (χ0v) is 12.6. The Morgan fingerprint density at radius 3 is 1.44 bits per heavy atom. The molecule has 0 unspecified atom stereocenters. The minimum Gasteiger partial charge on any atom is -0.0683 e. The summed E-state index contributed by atoms with van der Waals surface area (Å²) < 4.78 is 0. The van der Waals surface area contributed by atoms with E-state index in [1.54, 1.807) is 0 Å². The molecule has 0 amide bonds. The molecule has 0 heteroatoms. The maximum atomic E-state index is 2.32. The van der Waals surface area contributed by atoms with Crippen molar-refractivity contribution in [3.8, 4) is 0 Å². The largest absolute Gasteiger partial charge is 0.0683 e. The van der Waals surface area contributed by atoms with Crippen molar-refractivity contribution < 1.29 is 0 Å². The smallest absolute Gasteiger partial charge is 0.0417 e. The number of hydrogen-bond acceptors (Lipinski definition) is 0. The quantitative estimate of drug-likeness (QED) is 0.476. The van der Waals surface area contributed by atoms with E-state index in [9.17, 15) is 0 Å². The van der Waals surface area contributed by atoms with E-state index in [2.05, 4.69) is 20.8 Å². The van der Waals surface area contributed by atoms with Crippen LogP contribution in [0.1, 0.15) is 98.8 Å². The molecule has 0 bridgehead atoms. The van der Waals surface area contributed by atoms with Gasteiger partial charge in [0.1, 0.15) is 0 Å². The minimum absolute atomic E-state index is 1.09. The Morgan fingerprint density at radius 1 is 0.750 bits per heavy atom. The first-order valence-corrected chi connectivity index (χ1v) is 7.85. The molecule has 1 aliphatic carbocycles. The molecule has 1 fully saturated rings. The summed E-state index contributed by atoms with van der Waals surface area (Å²) in [6, 6.07) is 0. The second-order valence-electron chi connectivity index (χ2n) is 4.62. The van der Waals surface area contributed by atoms with Crippen LogP contribution in [-0.2, 0) is 0 Å². The lowest BCUT2D eigenvalue weighted by Crippen LogP contribution is -2.03. The van der Waals surface area contributed by atoms with Crippen LogP contribution in [0.25, 0.3) is 0 Å². The van der Waals surface area contributed by atoms with Crippen LogP contribution in [0.2, 0.25) is 0 Å². The average molecular weight is 228 g/mol. The molecular formula is C16H36. The highest BCUT2D eigenvalue weighted by Gasteiger charge is 2.09. The van der Waals surface area contributed by atoms with Gasteiger partial charge in [0.05, 0.1) is 0 Å². The zero-order chi connectivity index (χ0) is 12.6. The Kier molecular flexibility index (Phi) is 20.0. The fourth-order valence-corrected chi connectivity index (χ4v) is 2.10. The molecular weight excluding hydrogens is 192 g/mol. The van der Waals surface area contributed by atoms with E-state index < -0.39 is 0 Å². The Hall–Kier alpha value is 0. The average Bonchev–Trinajstić information content (AvgIpc) is 2.40. The fourth-order valence-electron chi connectivity index (χ4n) is 2.10. The molecule has 0 N–H and O–H groups in total. The van der Waals surface area contributed by atoms with Crippen molar-refractivity contribution in [1.82, 2.24) is 0 Å². The van der Waals surface area contributed by atoms with Crippen molar-refractivity contribution >= 4 is 0 Å². The highest BCUT2D eigenvalue weighted by atomic mass is 14.2. The highest BCUT2D eigenvalue weighted by Crippen LogP contribution is 2.25. The van der Waals surface area contributed by atoms with Crippen LogP contribution in [0.4, 0.5) is 0 Å². The summed E-state index contributed by atoms with van der Waals surface area (Å²) in [5.41, 5.74) is 0. The summed E-state index contributed by atoms with van der Waals surface area (Å²) >= 11 is 0. The third-order valence-corrected chi connectivity index (χ3v) is 3.26. The van der Waals surface area contributed by atoms with Crippen molar-refractivity contribution in [3.63, 3.8) is 0 Å². The van der Waals surface area contributed by atoms with Gasteiger partial charge in [-0.05, 0) is 5.92 Å². The van der Waals surface area contributed by atoms with Gasteiger partial charge in [0.2, 0.25) is 0 Å². The molecule has 0 aliphatic heterocycles. The van der Waals surface area contributed by atoms with Crippen LogP contribution in [0.15, 0.2) is 0 Å². The summed E-state index contributed by atoms with van der Waals surface area (Å²) in [4.78, 5) is 0. The van der Waals surface area contributed by atoms with Crippen LogP contribution in [-0.4, -0.2) is 0 Å². The van der Waals surface area contributed by atoms with Crippen molar-refractivity contribution in [2.45, 2.75) is 98.8 Å². The van der Waals surface area contributed by atoms with E-state index in [0.717, 1.165) is 5.92 Å². The molecule has 0 aromatic rings. The SMILES string of the molecule is CC.CCC1CCCCC1.CCCCCC. The van der Waals surface area contributed by atoms with Crippen molar-refractivity contribution in [1.29, 1.82) is 0 Å². The Bertz CT molecular complexity index is 86.2. The maximum absolute atomic E-state index is 2.32. The van der Waals surface area contributed by atoms with Gasteiger partial charge in [-0.1, -0.05) is 98.8 Å². The maximum Gasteiger partial charge on any atom is -0.0417 e. The van der Waals surface area contributed by atoms with Crippen LogP contribution in [0.3, 0.4) is 0 Å². The standard InChI is InChI=1S/C8H16.C6H14.C2H6/c1-2-8-6-4-3-5-7-8;1-3-5-6-4-2;1-2/h8H,2-7H2,1H3;3-6H2,1-2H3;1-2H3. The molecule has 0 radical (unpaired) electrons. The van der Waals surface area contributed by atoms with Gasteiger partial charge in [-0.2, -0.15) is 0 Å². The number of hydrogen-bond donors (Lipinski definition) is 0. The van der Waals surface area contributed by atoms with Gasteiger partial charge in [0, 0.05) is 0 Å². The van der Waals surface area contributed by atoms with E-state index in [4.69, 9.17) is 0 Å². The summed E-state index contributed by atoms with van der Waals surface area (Å²) in [5, 5.41) is 0. The molecule has 0 spiro atoms. The van der Waals surface area contributed by atoms with Crippen LogP contribution < -0.4 is 0 Å². The molecule has 100 valence electrons. The lowest BCUT2D eigenvalue weighted by Gasteiger charge is -2.18. The molecule has 0 aromatic heterocycles. The van der Waals surface area contributed by atoms with Crippen LogP contribution in [0, 0.1) is 5.92 Å². The van der Waals surface area contributed by atoms with Crippen molar-refractivity contribution in [3.05, 3.63) is 0 Å². The predicted octanol–water partition coefficient (Wildman–Crippen LogP) is 6.59.